The number of Topliss-reactive ketones (excluding diaryl/α,β-unsaturated/α-hetero) is 2. The Morgan fingerprint density at radius 1 is 1.18 bits per heavy atom. The summed E-state index contributed by atoms with van der Waals surface area (Å²) < 4.78 is 1.71. The molecule has 2 fully saturated rings. The molecule has 1 aromatic carbocycles. The molecule has 1 saturated carbocycles. The van der Waals surface area contributed by atoms with Gasteiger partial charge in [-0.25, -0.2) is 0 Å². The van der Waals surface area contributed by atoms with Crippen LogP contribution < -0.4 is 5.32 Å². The van der Waals surface area contributed by atoms with E-state index in [4.69, 9.17) is 5.10 Å². The lowest BCUT2D eigenvalue weighted by Crippen LogP contribution is -2.44. The second-order valence-electron chi connectivity index (χ2n) is 12.5. The van der Waals surface area contributed by atoms with Gasteiger partial charge in [-0.15, -0.1) is 0 Å². The zero-order valence-corrected chi connectivity index (χ0v) is 24.0. The van der Waals surface area contributed by atoms with Crippen molar-refractivity contribution in [3.8, 4) is 0 Å². The number of hydrogen-bond donors (Lipinski definition) is 1. The van der Waals surface area contributed by atoms with Crippen LogP contribution in [-0.2, 0) is 27.3 Å². The van der Waals surface area contributed by atoms with E-state index in [2.05, 4.69) is 38.2 Å². The first-order valence-corrected chi connectivity index (χ1v) is 14.7. The molecule has 0 spiro atoms. The predicted molar refractivity (Wildman–Crippen MR) is 150 cm³/mol. The molecule has 2 aromatic rings. The average Bonchev–Trinajstić information content (AvgIpc) is 3.30. The number of rotatable bonds is 4. The topological polar surface area (TPSA) is 101 Å². The van der Waals surface area contributed by atoms with Crippen LogP contribution in [-0.4, -0.2) is 56.7 Å². The molecular formula is C31H42N4O4. The summed E-state index contributed by atoms with van der Waals surface area (Å²) in [6.45, 7) is 10.3. The van der Waals surface area contributed by atoms with E-state index in [0.717, 1.165) is 54.1 Å². The molecule has 39 heavy (non-hydrogen) atoms. The molecule has 1 saturated heterocycles. The first-order chi connectivity index (χ1) is 18.5. The van der Waals surface area contributed by atoms with Gasteiger partial charge in [0.15, 0.2) is 11.6 Å². The summed E-state index contributed by atoms with van der Waals surface area (Å²) in [7, 11) is 0. The molecule has 1 aromatic heterocycles. The van der Waals surface area contributed by atoms with E-state index < -0.39 is 6.04 Å². The molecular weight excluding hydrogens is 492 g/mol. The summed E-state index contributed by atoms with van der Waals surface area (Å²) in [4.78, 5) is 54.1. The van der Waals surface area contributed by atoms with Crippen LogP contribution in [0.5, 0.6) is 0 Å². The molecule has 210 valence electrons. The number of carbonyl (C=O) groups is 4. The molecule has 1 N–H and O–H groups in total. The standard InChI is InChI=1S/C31H42N4O4/c1-6-25(37)24-14-31-15-26(31)35(24)28(39)16-34-30-21(10-8-7-9-19(4)11-27(38)32-17-31)12-22(18(2)3)13-23(30)29(33-34)20(5)36/h12-13,18-19,24,26H,6-11,14-17H2,1-5H3,(H,32,38)/t19-,24-,26+,31-/m0/s1. The third-order valence-electron chi connectivity index (χ3n) is 9.22. The number of aromatic nitrogens is 2. The second-order valence-corrected chi connectivity index (χ2v) is 12.5. The van der Waals surface area contributed by atoms with Crippen LogP contribution in [0.15, 0.2) is 12.1 Å². The van der Waals surface area contributed by atoms with Crippen LogP contribution in [0, 0.1) is 11.3 Å². The number of amides is 2. The number of aryl methyl sites for hydroxylation is 1. The van der Waals surface area contributed by atoms with Gasteiger partial charge in [0.2, 0.25) is 11.8 Å². The SMILES string of the molecule is CCC(=O)[C@@H]1C[C@]23CNC(=O)C[C@@H](C)CCCCc4cc(C(C)C)cc5c(C(C)=O)nn(c45)CC(=O)N1[C@@H]2C3. The highest BCUT2D eigenvalue weighted by Gasteiger charge is 2.66. The van der Waals surface area contributed by atoms with Crippen molar-refractivity contribution in [3.63, 3.8) is 0 Å². The minimum Gasteiger partial charge on any atom is -0.355 e. The summed E-state index contributed by atoms with van der Waals surface area (Å²) in [5.74, 6) is 0.409. The maximum absolute atomic E-state index is 13.9. The number of nitrogens with zero attached hydrogens (tertiary/aromatic N) is 3. The largest absolute Gasteiger partial charge is 0.355 e. The quantitative estimate of drug-likeness (QED) is 0.579. The highest BCUT2D eigenvalue weighted by Crippen LogP contribution is 2.59. The summed E-state index contributed by atoms with van der Waals surface area (Å²) in [5, 5.41) is 8.63. The van der Waals surface area contributed by atoms with Gasteiger partial charge in [-0.05, 0) is 54.7 Å². The van der Waals surface area contributed by atoms with Crippen LogP contribution in [0.1, 0.15) is 107 Å². The van der Waals surface area contributed by atoms with Crippen LogP contribution >= 0.6 is 0 Å². The zero-order chi connectivity index (χ0) is 28.1. The van der Waals surface area contributed by atoms with Gasteiger partial charge in [0, 0.05) is 43.2 Å². The van der Waals surface area contributed by atoms with Crippen molar-refractivity contribution in [1.29, 1.82) is 0 Å². The van der Waals surface area contributed by atoms with E-state index in [1.54, 1.807) is 9.58 Å². The summed E-state index contributed by atoms with van der Waals surface area (Å²) in [6.07, 6.45) is 5.95. The lowest BCUT2D eigenvalue weighted by Gasteiger charge is -2.26. The number of carbonyl (C=O) groups excluding carboxylic acids is 4. The van der Waals surface area contributed by atoms with Crippen LogP contribution in [0.25, 0.3) is 10.9 Å². The molecule has 2 aliphatic heterocycles. The lowest BCUT2D eigenvalue weighted by molar-refractivity contribution is -0.139. The van der Waals surface area contributed by atoms with Gasteiger partial charge in [-0.2, -0.15) is 5.10 Å². The Morgan fingerprint density at radius 2 is 1.95 bits per heavy atom. The molecule has 2 bridgehead atoms. The summed E-state index contributed by atoms with van der Waals surface area (Å²) in [5.41, 5.74) is 3.27. The van der Waals surface area contributed by atoms with Gasteiger partial charge >= 0.3 is 0 Å². The van der Waals surface area contributed by atoms with Crippen molar-refractivity contribution in [3.05, 3.63) is 29.0 Å². The number of hydrogen-bond acceptors (Lipinski definition) is 5. The Labute approximate surface area is 230 Å². The fraction of sp³-hybridized carbons (Fsp3) is 0.645. The van der Waals surface area contributed by atoms with Gasteiger partial charge in [-0.1, -0.05) is 46.6 Å². The molecule has 8 heteroatoms. The molecule has 2 amide bonds. The number of ketones is 2. The molecule has 0 unspecified atom stereocenters. The van der Waals surface area contributed by atoms with Crippen molar-refractivity contribution < 1.29 is 19.2 Å². The smallest absolute Gasteiger partial charge is 0.245 e. The summed E-state index contributed by atoms with van der Waals surface area (Å²) in [6, 6.07) is 3.73. The van der Waals surface area contributed by atoms with E-state index in [1.807, 2.05) is 6.92 Å². The van der Waals surface area contributed by atoms with Crippen molar-refractivity contribution in [2.24, 2.45) is 11.3 Å². The van der Waals surface area contributed by atoms with Crippen molar-refractivity contribution in [2.45, 2.75) is 111 Å². The lowest BCUT2D eigenvalue weighted by atomic mass is 9.93. The number of benzene rings is 1. The van der Waals surface area contributed by atoms with Gasteiger partial charge < -0.3 is 10.2 Å². The molecule has 8 nitrogen and oxygen atoms in total. The third-order valence-corrected chi connectivity index (χ3v) is 9.22. The molecule has 3 aliphatic rings. The molecule has 0 radical (unpaired) electrons. The van der Waals surface area contributed by atoms with Crippen molar-refractivity contribution in [2.75, 3.05) is 6.54 Å². The van der Waals surface area contributed by atoms with E-state index in [9.17, 15) is 19.2 Å². The predicted octanol–water partition coefficient (Wildman–Crippen LogP) is 4.57. The Bertz CT molecular complexity index is 1330. The Hall–Kier alpha value is -3.03. The fourth-order valence-electron chi connectivity index (χ4n) is 6.86. The van der Waals surface area contributed by atoms with Gasteiger partial charge in [0.1, 0.15) is 12.2 Å². The van der Waals surface area contributed by atoms with E-state index in [0.29, 0.717) is 31.5 Å². The number of nitrogens with one attached hydrogen (secondary N) is 1. The normalized spacial score (nSPS) is 27.8. The van der Waals surface area contributed by atoms with Crippen molar-refractivity contribution in [1.82, 2.24) is 20.0 Å². The molecule has 4 atom stereocenters. The minimum absolute atomic E-state index is 0.0126. The first kappa shape index (κ1) is 27.5. The Balaban J connectivity index is 1.59. The minimum atomic E-state index is -0.475. The van der Waals surface area contributed by atoms with Gasteiger partial charge in [0.05, 0.1) is 11.6 Å². The van der Waals surface area contributed by atoms with Crippen LogP contribution in [0.3, 0.4) is 0 Å². The Kier molecular flexibility index (Phi) is 7.42. The van der Waals surface area contributed by atoms with Crippen molar-refractivity contribution >= 4 is 34.3 Å². The van der Waals surface area contributed by atoms with E-state index in [1.165, 1.54) is 6.92 Å². The fourth-order valence-corrected chi connectivity index (χ4v) is 6.86. The molecule has 1 aliphatic carbocycles. The second kappa shape index (κ2) is 10.5. The third kappa shape index (κ3) is 5.14. The van der Waals surface area contributed by atoms with Gasteiger partial charge in [0.25, 0.3) is 0 Å². The average molecular weight is 535 g/mol. The maximum atomic E-state index is 13.9. The Morgan fingerprint density at radius 3 is 2.64 bits per heavy atom. The van der Waals surface area contributed by atoms with Gasteiger partial charge in [-0.3, -0.25) is 23.9 Å². The highest BCUT2D eigenvalue weighted by molar-refractivity contribution is 6.06. The zero-order valence-electron chi connectivity index (χ0n) is 24.0. The van der Waals surface area contributed by atoms with E-state index >= 15 is 0 Å². The molecule has 3 heterocycles. The van der Waals surface area contributed by atoms with Crippen LogP contribution in [0.2, 0.25) is 0 Å². The molecule has 5 rings (SSSR count). The maximum Gasteiger partial charge on any atom is 0.245 e. The first-order valence-electron chi connectivity index (χ1n) is 14.7. The monoisotopic (exact) mass is 534 g/mol. The number of piperidine rings is 1. The summed E-state index contributed by atoms with van der Waals surface area (Å²) >= 11 is 0. The van der Waals surface area contributed by atoms with E-state index in [-0.39, 0.29) is 53.2 Å². The highest BCUT2D eigenvalue weighted by atomic mass is 16.2. The van der Waals surface area contributed by atoms with Crippen LogP contribution in [0.4, 0.5) is 0 Å².